The fourth-order valence-corrected chi connectivity index (χ4v) is 1.98. The van der Waals surface area contributed by atoms with Crippen molar-refractivity contribution < 1.29 is 14.4 Å². The van der Waals surface area contributed by atoms with Crippen molar-refractivity contribution in [1.29, 1.82) is 0 Å². The summed E-state index contributed by atoms with van der Waals surface area (Å²) in [7, 11) is 1.41. The Morgan fingerprint density at radius 1 is 1.29 bits per heavy atom. The van der Waals surface area contributed by atoms with E-state index in [1.165, 1.54) is 7.05 Å². The van der Waals surface area contributed by atoms with E-state index < -0.39 is 12.1 Å². The zero-order chi connectivity index (χ0) is 12.4. The fraction of sp³-hybridized carbons (Fsp3) is 0.700. The van der Waals surface area contributed by atoms with Gasteiger partial charge in [-0.2, -0.15) is 0 Å². The summed E-state index contributed by atoms with van der Waals surface area (Å²) in [6.45, 7) is 2.74. The van der Waals surface area contributed by atoms with Crippen LogP contribution < -0.4 is 10.6 Å². The van der Waals surface area contributed by atoms with E-state index >= 15 is 0 Å². The first-order valence-electron chi connectivity index (χ1n) is 5.66. The van der Waals surface area contributed by atoms with Gasteiger partial charge in [-0.3, -0.25) is 14.5 Å². The van der Waals surface area contributed by atoms with Gasteiger partial charge in [0.1, 0.15) is 6.04 Å². The molecule has 0 saturated carbocycles. The number of carbonyl (C=O) groups excluding carboxylic acids is 3. The van der Waals surface area contributed by atoms with Crippen LogP contribution in [-0.4, -0.2) is 66.9 Å². The van der Waals surface area contributed by atoms with Crippen molar-refractivity contribution in [3.05, 3.63) is 0 Å². The Kier molecular flexibility index (Phi) is 3.28. The molecule has 0 aromatic carbocycles. The third-order valence-electron chi connectivity index (χ3n) is 3.08. The van der Waals surface area contributed by atoms with Crippen LogP contribution in [0.25, 0.3) is 0 Å². The second-order valence-electron chi connectivity index (χ2n) is 4.23. The number of amides is 4. The quantitative estimate of drug-likeness (QED) is 0.576. The number of hydrogen-bond acceptors (Lipinski definition) is 4. The van der Waals surface area contributed by atoms with Crippen molar-refractivity contribution in [2.45, 2.75) is 12.5 Å². The van der Waals surface area contributed by atoms with Gasteiger partial charge >= 0.3 is 6.03 Å². The number of imide groups is 1. The predicted molar refractivity (Wildman–Crippen MR) is 59.2 cm³/mol. The monoisotopic (exact) mass is 240 g/mol. The average molecular weight is 240 g/mol. The smallest absolute Gasteiger partial charge is 0.324 e. The highest BCUT2D eigenvalue weighted by Crippen LogP contribution is 2.09. The first kappa shape index (κ1) is 11.8. The molecule has 2 saturated heterocycles. The fourth-order valence-electron chi connectivity index (χ4n) is 1.98. The molecule has 2 heterocycles. The van der Waals surface area contributed by atoms with Crippen molar-refractivity contribution in [3.63, 3.8) is 0 Å². The third-order valence-corrected chi connectivity index (χ3v) is 3.08. The molecule has 7 heteroatoms. The van der Waals surface area contributed by atoms with E-state index in [0.29, 0.717) is 13.1 Å². The Balaban J connectivity index is 2.00. The number of hydrogen-bond donors (Lipinski definition) is 2. The summed E-state index contributed by atoms with van der Waals surface area (Å²) in [6, 6.07) is -1.21. The standard InChI is InChI=1S/C10H16N4O3/c1-13-8(15)6-7(12-10(13)17)9(16)14-4-2-11-3-5-14/h7,11H,2-6H2,1H3,(H,12,17). The summed E-state index contributed by atoms with van der Waals surface area (Å²) in [5, 5.41) is 5.69. The maximum absolute atomic E-state index is 12.1. The molecular weight excluding hydrogens is 224 g/mol. The van der Waals surface area contributed by atoms with Crippen molar-refractivity contribution >= 4 is 17.8 Å². The van der Waals surface area contributed by atoms with Gasteiger partial charge in [-0.1, -0.05) is 0 Å². The SMILES string of the molecule is CN1C(=O)CC(C(=O)N2CCNCC2)NC1=O. The third kappa shape index (κ3) is 2.38. The molecule has 0 aromatic rings. The maximum Gasteiger partial charge on any atom is 0.324 e. The van der Waals surface area contributed by atoms with Crippen molar-refractivity contribution in [1.82, 2.24) is 20.4 Å². The topological polar surface area (TPSA) is 81.8 Å². The van der Waals surface area contributed by atoms with Gasteiger partial charge in [-0.15, -0.1) is 0 Å². The van der Waals surface area contributed by atoms with E-state index in [1.54, 1.807) is 4.90 Å². The first-order valence-corrected chi connectivity index (χ1v) is 5.66. The minimum Gasteiger partial charge on any atom is -0.338 e. The molecule has 2 aliphatic rings. The molecule has 7 nitrogen and oxygen atoms in total. The van der Waals surface area contributed by atoms with Gasteiger partial charge in [0.2, 0.25) is 11.8 Å². The Bertz CT molecular complexity index is 333. The zero-order valence-corrected chi connectivity index (χ0v) is 9.73. The molecule has 0 aromatic heterocycles. The lowest BCUT2D eigenvalue weighted by molar-refractivity contribution is -0.139. The first-order chi connectivity index (χ1) is 8.09. The molecule has 1 atom stereocenters. The van der Waals surface area contributed by atoms with Crippen LogP contribution in [0.4, 0.5) is 4.79 Å². The van der Waals surface area contributed by atoms with Crippen LogP contribution in [0.1, 0.15) is 6.42 Å². The van der Waals surface area contributed by atoms with E-state index in [9.17, 15) is 14.4 Å². The van der Waals surface area contributed by atoms with E-state index in [-0.39, 0.29) is 18.2 Å². The molecule has 94 valence electrons. The molecule has 2 rings (SSSR count). The Morgan fingerprint density at radius 3 is 2.53 bits per heavy atom. The van der Waals surface area contributed by atoms with Crippen LogP contribution in [-0.2, 0) is 9.59 Å². The number of urea groups is 1. The summed E-state index contributed by atoms with van der Waals surface area (Å²) in [6.07, 6.45) is 0.0466. The zero-order valence-electron chi connectivity index (χ0n) is 9.73. The number of carbonyl (C=O) groups is 3. The van der Waals surface area contributed by atoms with Gasteiger partial charge in [0, 0.05) is 33.2 Å². The second kappa shape index (κ2) is 4.70. The minimum absolute atomic E-state index is 0.0466. The molecule has 4 amide bonds. The number of nitrogens with zero attached hydrogens (tertiary/aromatic N) is 2. The number of piperazine rings is 1. The summed E-state index contributed by atoms with van der Waals surface area (Å²) in [5.41, 5.74) is 0. The van der Waals surface area contributed by atoms with Gasteiger partial charge in [-0.25, -0.2) is 4.79 Å². The van der Waals surface area contributed by atoms with E-state index in [1.807, 2.05) is 0 Å². The molecule has 0 spiro atoms. The lowest BCUT2D eigenvalue weighted by atomic mass is 10.1. The Labute approximate surface area is 99.1 Å². The lowest BCUT2D eigenvalue weighted by Crippen LogP contribution is -2.60. The molecular formula is C10H16N4O3. The van der Waals surface area contributed by atoms with Crippen LogP contribution in [0.5, 0.6) is 0 Å². The van der Waals surface area contributed by atoms with Crippen molar-refractivity contribution in [3.8, 4) is 0 Å². The van der Waals surface area contributed by atoms with Gasteiger partial charge in [0.05, 0.1) is 6.42 Å². The minimum atomic E-state index is -0.704. The molecule has 0 bridgehead atoms. The van der Waals surface area contributed by atoms with Crippen LogP contribution >= 0.6 is 0 Å². The van der Waals surface area contributed by atoms with E-state index in [2.05, 4.69) is 10.6 Å². The average Bonchev–Trinajstić information content (AvgIpc) is 2.35. The summed E-state index contributed by atoms with van der Waals surface area (Å²) in [4.78, 5) is 37.6. The summed E-state index contributed by atoms with van der Waals surface area (Å²) >= 11 is 0. The van der Waals surface area contributed by atoms with Crippen LogP contribution in [0, 0.1) is 0 Å². The summed E-state index contributed by atoms with van der Waals surface area (Å²) in [5.74, 6) is -0.483. The predicted octanol–water partition coefficient (Wildman–Crippen LogP) is -1.64. The normalized spacial score (nSPS) is 25.8. The molecule has 2 N–H and O–H groups in total. The van der Waals surface area contributed by atoms with Crippen molar-refractivity contribution in [2.75, 3.05) is 33.2 Å². The number of nitrogens with one attached hydrogen (secondary N) is 2. The van der Waals surface area contributed by atoms with Gasteiger partial charge in [0.25, 0.3) is 0 Å². The molecule has 2 aliphatic heterocycles. The highest BCUT2D eigenvalue weighted by Gasteiger charge is 2.35. The van der Waals surface area contributed by atoms with Crippen LogP contribution in [0.2, 0.25) is 0 Å². The highest BCUT2D eigenvalue weighted by atomic mass is 16.2. The van der Waals surface area contributed by atoms with Gasteiger partial charge in [-0.05, 0) is 0 Å². The van der Waals surface area contributed by atoms with E-state index in [0.717, 1.165) is 18.0 Å². The molecule has 0 radical (unpaired) electrons. The van der Waals surface area contributed by atoms with E-state index in [4.69, 9.17) is 0 Å². The molecule has 2 fully saturated rings. The number of rotatable bonds is 1. The molecule has 1 unspecified atom stereocenters. The molecule has 17 heavy (non-hydrogen) atoms. The van der Waals surface area contributed by atoms with Gasteiger partial charge in [0.15, 0.2) is 0 Å². The highest BCUT2D eigenvalue weighted by molar-refractivity contribution is 6.02. The Hall–Kier alpha value is -1.63. The van der Waals surface area contributed by atoms with Crippen molar-refractivity contribution in [2.24, 2.45) is 0 Å². The molecule has 0 aliphatic carbocycles. The Morgan fingerprint density at radius 2 is 1.94 bits per heavy atom. The second-order valence-corrected chi connectivity index (χ2v) is 4.23. The van der Waals surface area contributed by atoms with Crippen LogP contribution in [0.15, 0.2) is 0 Å². The largest absolute Gasteiger partial charge is 0.338 e. The maximum atomic E-state index is 12.1. The van der Waals surface area contributed by atoms with Crippen LogP contribution in [0.3, 0.4) is 0 Å². The lowest BCUT2D eigenvalue weighted by Gasteiger charge is -2.34. The van der Waals surface area contributed by atoms with Gasteiger partial charge < -0.3 is 15.5 Å². The summed E-state index contributed by atoms with van der Waals surface area (Å²) < 4.78 is 0.